The van der Waals surface area contributed by atoms with Crippen LogP contribution in [-0.4, -0.2) is 0 Å². The van der Waals surface area contributed by atoms with Gasteiger partial charge in [0.1, 0.15) is 0 Å². The van der Waals surface area contributed by atoms with E-state index in [4.69, 9.17) is 0 Å². The minimum atomic E-state index is 0.0981. The molecule has 3 aromatic rings. The Morgan fingerprint density at radius 2 is 1.50 bits per heavy atom. The second kappa shape index (κ2) is 6.14. The van der Waals surface area contributed by atoms with Gasteiger partial charge in [-0.1, -0.05) is 78.9 Å². The Kier molecular flexibility index (Phi) is 3.97. The van der Waals surface area contributed by atoms with Crippen molar-refractivity contribution < 1.29 is 0 Å². The molecule has 3 aromatic carbocycles. The Morgan fingerprint density at radius 1 is 0.833 bits per heavy atom. The number of rotatable bonds is 2. The molecule has 0 aliphatic carbocycles. The lowest BCUT2D eigenvalue weighted by molar-refractivity contribution is 0.550. The van der Waals surface area contributed by atoms with E-state index in [-0.39, 0.29) is 4.75 Å². The molecule has 4 rings (SSSR count). The molecule has 120 valence electrons. The fourth-order valence-electron chi connectivity index (χ4n) is 3.81. The number of thioether (sulfide) groups is 1. The van der Waals surface area contributed by atoms with E-state index in [2.05, 4.69) is 92.7 Å². The minimum absolute atomic E-state index is 0.0981. The van der Waals surface area contributed by atoms with Gasteiger partial charge in [-0.15, -0.1) is 11.8 Å². The van der Waals surface area contributed by atoms with Crippen LogP contribution in [0.4, 0.5) is 0 Å². The topological polar surface area (TPSA) is 0 Å². The maximum atomic E-state index is 2.40. The predicted octanol–water partition coefficient (Wildman–Crippen LogP) is 6.54. The summed E-state index contributed by atoms with van der Waals surface area (Å²) < 4.78 is 0.0981. The van der Waals surface area contributed by atoms with Crippen LogP contribution < -0.4 is 0 Å². The Balaban J connectivity index is 1.87. The number of hydrogen-bond acceptors (Lipinski definition) is 1. The number of fused-ring (bicyclic) bond motifs is 1. The molecule has 1 heterocycles. The van der Waals surface area contributed by atoms with E-state index in [1.54, 1.807) is 0 Å². The summed E-state index contributed by atoms with van der Waals surface area (Å²) in [5, 5.41) is 0. The van der Waals surface area contributed by atoms with Crippen molar-refractivity contribution in [2.24, 2.45) is 0 Å². The molecule has 0 fully saturated rings. The Labute approximate surface area is 148 Å². The third-order valence-corrected chi connectivity index (χ3v) is 6.74. The third-order valence-electron chi connectivity index (χ3n) is 5.13. The summed E-state index contributed by atoms with van der Waals surface area (Å²) in [6, 6.07) is 28.7. The molecular formula is C23H22S. The van der Waals surface area contributed by atoms with Crippen LogP contribution in [0.2, 0.25) is 0 Å². The SMILES string of the molecule is Cc1cccc2c1SC(C)(c1ccccc1)CC2c1ccccc1. The normalized spacial score (nSPS) is 22.8. The summed E-state index contributed by atoms with van der Waals surface area (Å²) in [6.07, 6.45) is 1.13. The van der Waals surface area contributed by atoms with Crippen molar-refractivity contribution in [2.45, 2.75) is 35.8 Å². The lowest BCUT2D eigenvalue weighted by Gasteiger charge is -2.40. The monoisotopic (exact) mass is 330 g/mol. The molecule has 24 heavy (non-hydrogen) atoms. The number of benzene rings is 3. The van der Waals surface area contributed by atoms with Gasteiger partial charge in [-0.05, 0) is 42.5 Å². The molecule has 0 nitrogen and oxygen atoms in total. The minimum Gasteiger partial charge on any atom is -0.114 e. The summed E-state index contributed by atoms with van der Waals surface area (Å²) in [5.41, 5.74) is 5.72. The third kappa shape index (κ3) is 2.67. The van der Waals surface area contributed by atoms with Crippen LogP contribution in [0.1, 0.15) is 41.5 Å². The molecule has 0 N–H and O–H groups in total. The molecule has 0 saturated carbocycles. The van der Waals surface area contributed by atoms with E-state index in [0.717, 1.165) is 6.42 Å². The molecular weight excluding hydrogens is 308 g/mol. The largest absolute Gasteiger partial charge is 0.114 e. The predicted molar refractivity (Wildman–Crippen MR) is 104 cm³/mol. The lowest BCUT2D eigenvalue weighted by atomic mass is 9.80. The van der Waals surface area contributed by atoms with Crippen molar-refractivity contribution in [2.75, 3.05) is 0 Å². The van der Waals surface area contributed by atoms with Crippen molar-refractivity contribution in [1.29, 1.82) is 0 Å². The van der Waals surface area contributed by atoms with E-state index in [1.807, 2.05) is 11.8 Å². The van der Waals surface area contributed by atoms with Crippen LogP contribution in [0, 0.1) is 6.92 Å². The summed E-state index contributed by atoms with van der Waals surface area (Å²) in [5.74, 6) is 0.451. The molecule has 1 aliphatic heterocycles. The summed E-state index contributed by atoms with van der Waals surface area (Å²) >= 11 is 2.04. The standard InChI is InChI=1S/C23H22S/c1-17-10-9-15-20-21(18-11-5-3-6-12-18)16-23(2,24-22(17)20)19-13-7-4-8-14-19/h3-15,21H,16H2,1-2H3. The van der Waals surface area contributed by atoms with Gasteiger partial charge in [0.2, 0.25) is 0 Å². The van der Waals surface area contributed by atoms with Crippen LogP contribution in [-0.2, 0) is 4.75 Å². The van der Waals surface area contributed by atoms with Gasteiger partial charge in [0, 0.05) is 15.6 Å². The molecule has 0 bridgehead atoms. The Hall–Kier alpha value is -1.99. The van der Waals surface area contributed by atoms with Gasteiger partial charge in [-0.2, -0.15) is 0 Å². The molecule has 0 radical (unpaired) electrons. The van der Waals surface area contributed by atoms with Gasteiger partial charge in [-0.3, -0.25) is 0 Å². The molecule has 0 spiro atoms. The van der Waals surface area contributed by atoms with Gasteiger partial charge in [0.25, 0.3) is 0 Å². The summed E-state index contributed by atoms with van der Waals surface area (Å²) in [4.78, 5) is 1.46. The molecule has 0 aromatic heterocycles. The fraction of sp³-hybridized carbons (Fsp3) is 0.217. The molecule has 1 heteroatoms. The maximum absolute atomic E-state index is 2.40. The first-order valence-corrected chi connectivity index (χ1v) is 9.38. The highest BCUT2D eigenvalue weighted by molar-refractivity contribution is 8.00. The second-order valence-electron chi connectivity index (χ2n) is 6.86. The van der Waals surface area contributed by atoms with E-state index < -0.39 is 0 Å². The quantitative estimate of drug-likeness (QED) is 0.514. The maximum Gasteiger partial charge on any atom is 0.0436 e. The van der Waals surface area contributed by atoms with Crippen LogP contribution in [0.3, 0.4) is 0 Å². The number of hydrogen-bond donors (Lipinski definition) is 0. The van der Waals surface area contributed by atoms with E-state index >= 15 is 0 Å². The Morgan fingerprint density at radius 3 is 2.21 bits per heavy atom. The molecule has 1 aliphatic rings. The highest BCUT2D eigenvalue weighted by Gasteiger charge is 2.38. The molecule has 2 unspecified atom stereocenters. The zero-order valence-corrected chi connectivity index (χ0v) is 15.0. The zero-order chi connectivity index (χ0) is 16.6. The molecule has 0 saturated heterocycles. The summed E-state index contributed by atoms with van der Waals surface area (Å²) in [6.45, 7) is 4.64. The first-order valence-electron chi connectivity index (χ1n) is 8.56. The van der Waals surface area contributed by atoms with E-state index in [1.165, 1.54) is 27.1 Å². The molecule has 0 amide bonds. The Bertz CT molecular complexity index is 838. The van der Waals surface area contributed by atoms with Gasteiger partial charge in [0.15, 0.2) is 0 Å². The van der Waals surface area contributed by atoms with Crippen molar-refractivity contribution in [3.05, 3.63) is 101 Å². The second-order valence-corrected chi connectivity index (χ2v) is 8.37. The highest BCUT2D eigenvalue weighted by Crippen LogP contribution is 2.56. The smallest absolute Gasteiger partial charge is 0.0436 e. The van der Waals surface area contributed by atoms with Crippen LogP contribution in [0.25, 0.3) is 0 Å². The first kappa shape index (κ1) is 15.5. The lowest BCUT2D eigenvalue weighted by Crippen LogP contribution is -2.26. The average Bonchev–Trinajstić information content (AvgIpc) is 2.63. The first-order chi connectivity index (χ1) is 11.7. The van der Waals surface area contributed by atoms with Crippen molar-refractivity contribution in [3.63, 3.8) is 0 Å². The average molecular weight is 330 g/mol. The van der Waals surface area contributed by atoms with Crippen LogP contribution >= 0.6 is 11.8 Å². The van der Waals surface area contributed by atoms with E-state index in [9.17, 15) is 0 Å². The molecule has 2 atom stereocenters. The van der Waals surface area contributed by atoms with Crippen molar-refractivity contribution in [3.8, 4) is 0 Å². The van der Waals surface area contributed by atoms with Crippen LogP contribution in [0.15, 0.2) is 83.8 Å². The van der Waals surface area contributed by atoms with Gasteiger partial charge < -0.3 is 0 Å². The fourth-order valence-corrected chi connectivity index (χ4v) is 5.32. The van der Waals surface area contributed by atoms with E-state index in [0.29, 0.717) is 5.92 Å². The van der Waals surface area contributed by atoms with Gasteiger partial charge in [0.05, 0.1) is 0 Å². The summed E-state index contributed by atoms with van der Waals surface area (Å²) in [7, 11) is 0. The van der Waals surface area contributed by atoms with Crippen molar-refractivity contribution in [1.82, 2.24) is 0 Å². The number of aryl methyl sites for hydroxylation is 1. The zero-order valence-electron chi connectivity index (χ0n) is 14.2. The van der Waals surface area contributed by atoms with Crippen molar-refractivity contribution >= 4 is 11.8 Å². The van der Waals surface area contributed by atoms with Gasteiger partial charge in [-0.25, -0.2) is 0 Å². The van der Waals surface area contributed by atoms with Gasteiger partial charge >= 0.3 is 0 Å². The van der Waals surface area contributed by atoms with Crippen LogP contribution in [0.5, 0.6) is 0 Å². The highest BCUT2D eigenvalue weighted by atomic mass is 32.2.